The van der Waals surface area contributed by atoms with E-state index in [9.17, 15) is 4.79 Å². The van der Waals surface area contributed by atoms with Gasteiger partial charge in [0.2, 0.25) is 0 Å². The molecule has 0 amide bonds. The molecule has 0 aromatic carbocycles. The fourth-order valence-electron chi connectivity index (χ4n) is 1.40. The van der Waals surface area contributed by atoms with Gasteiger partial charge in [0.1, 0.15) is 4.49 Å². The van der Waals surface area contributed by atoms with Crippen LogP contribution < -0.4 is 0 Å². The molecule has 76 valence electrons. The van der Waals surface area contributed by atoms with Crippen molar-refractivity contribution in [1.29, 1.82) is 0 Å². The van der Waals surface area contributed by atoms with Crippen molar-refractivity contribution in [3.63, 3.8) is 0 Å². The van der Waals surface area contributed by atoms with Crippen LogP contribution in [0.4, 0.5) is 0 Å². The lowest BCUT2D eigenvalue weighted by atomic mass is 9.77. The molecule has 1 unspecified atom stereocenters. The third kappa shape index (κ3) is 4.01. The van der Waals surface area contributed by atoms with Gasteiger partial charge in [0.25, 0.3) is 0 Å². The Morgan fingerprint density at radius 2 is 2.00 bits per heavy atom. The van der Waals surface area contributed by atoms with Gasteiger partial charge in [-0.25, -0.2) is 0 Å². The third-order valence-electron chi connectivity index (χ3n) is 2.09. The second-order valence-corrected chi connectivity index (χ2v) is 4.56. The van der Waals surface area contributed by atoms with Crippen LogP contribution in [0.3, 0.4) is 0 Å². The van der Waals surface area contributed by atoms with Crippen molar-refractivity contribution >= 4 is 29.2 Å². The number of hydrogen-bond donors (Lipinski definition) is 1. The Bertz CT molecular complexity index is 218. The molecule has 0 rings (SSSR count). The molecule has 0 heterocycles. The van der Waals surface area contributed by atoms with Crippen molar-refractivity contribution in [3.8, 4) is 0 Å². The first-order valence-corrected chi connectivity index (χ1v) is 4.83. The zero-order valence-electron chi connectivity index (χ0n) is 7.97. The lowest BCUT2D eigenvalue weighted by molar-refractivity contribution is -0.144. The summed E-state index contributed by atoms with van der Waals surface area (Å²) in [5, 5.41) is 8.91. The number of carbonyl (C=O) groups is 1. The average molecular weight is 225 g/mol. The Labute approximate surface area is 88.5 Å². The van der Waals surface area contributed by atoms with E-state index in [1.165, 1.54) is 0 Å². The summed E-state index contributed by atoms with van der Waals surface area (Å²) in [5.41, 5.74) is -0.514. The van der Waals surface area contributed by atoms with E-state index in [2.05, 4.69) is 0 Å². The van der Waals surface area contributed by atoms with Crippen LogP contribution in [-0.2, 0) is 4.79 Å². The zero-order valence-corrected chi connectivity index (χ0v) is 9.49. The highest BCUT2D eigenvalue weighted by Crippen LogP contribution is 2.33. The zero-order chi connectivity index (χ0) is 10.6. The first kappa shape index (κ1) is 12.8. The predicted molar refractivity (Wildman–Crippen MR) is 55.0 cm³/mol. The summed E-state index contributed by atoms with van der Waals surface area (Å²) in [6, 6.07) is 0. The SMILES string of the molecule is CCC(C(=O)O)C(C)(C)C=C(Cl)Cl. The molecule has 4 heteroatoms. The number of aliphatic carboxylic acids is 1. The van der Waals surface area contributed by atoms with Gasteiger partial charge in [0, 0.05) is 0 Å². The Morgan fingerprint density at radius 3 is 2.23 bits per heavy atom. The highest BCUT2D eigenvalue weighted by Gasteiger charge is 2.32. The molecule has 0 fully saturated rings. The van der Waals surface area contributed by atoms with Gasteiger partial charge in [-0.15, -0.1) is 0 Å². The number of carboxylic acid groups (broad SMARTS) is 1. The van der Waals surface area contributed by atoms with Crippen LogP contribution in [0.2, 0.25) is 0 Å². The summed E-state index contributed by atoms with van der Waals surface area (Å²) in [7, 11) is 0. The fraction of sp³-hybridized carbons (Fsp3) is 0.667. The number of halogens is 2. The molecule has 0 saturated heterocycles. The van der Waals surface area contributed by atoms with Gasteiger partial charge in [0.05, 0.1) is 5.92 Å². The van der Waals surface area contributed by atoms with Crippen LogP contribution in [0.25, 0.3) is 0 Å². The van der Waals surface area contributed by atoms with E-state index in [4.69, 9.17) is 28.3 Å². The van der Waals surface area contributed by atoms with Crippen LogP contribution in [0.15, 0.2) is 10.6 Å². The smallest absolute Gasteiger partial charge is 0.307 e. The lowest BCUT2D eigenvalue weighted by Gasteiger charge is -2.27. The monoisotopic (exact) mass is 224 g/mol. The molecule has 0 aromatic rings. The molecular formula is C9H14Cl2O2. The molecule has 0 aliphatic heterocycles. The minimum absolute atomic E-state index is 0.115. The molecule has 1 N–H and O–H groups in total. The second kappa shape index (κ2) is 4.87. The van der Waals surface area contributed by atoms with Gasteiger partial charge in [-0.05, 0) is 17.9 Å². The second-order valence-electron chi connectivity index (χ2n) is 3.55. The summed E-state index contributed by atoms with van der Waals surface area (Å²) in [6.07, 6.45) is 2.12. The number of hydrogen-bond acceptors (Lipinski definition) is 1. The molecule has 0 saturated carbocycles. The van der Waals surface area contributed by atoms with Gasteiger partial charge < -0.3 is 5.11 Å². The minimum atomic E-state index is -0.821. The Hall–Kier alpha value is -0.210. The molecule has 13 heavy (non-hydrogen) atoms. The van der Waals surface area contributed by atoms with Crippen molar-refractivity contribution < 1.29 is 9.90 Å². The molecule has 0 bridgehead atoms. The summed E-state index contributed by atoms with van der Waals surface area (Å²) in [4.78, 5) is 10.8. The maximum Gasteiger partial charge on any atom is 0.307 e. The molecular weight excluding hydrogens is 211 g/mol. The fourth-order valence-corrected chi connectivity index (χ4v) is 1.96. The van der Waals surface area contributed by atoms with E-state index in [1.54, 1.807) is 19.9 Å². The van der Waals surface area contributed by atoms with Gasteiger partial charge in [-0.3, -0.25) is 4.79 Å². The molecule has 2 nitrogen and oxygen atoms in total. The van der Waals surface area contributed by atoms with Crippen LogP contribution in [-0.4, -0.2) is 11.1 Å². The van der Waals surface area contributed by atoms with Crippen LogP contribution in [0.1, 0.15) is 27.2 Å². The van der Waals surface area contributed by atoms with Gasteiger partial charge in [-0.2, -0.15) is 0 Å². The quantitative estimate of drug-likeness (QED) is 0.795. The molecule has 1 atom stereocenters. The van der Waals surface area contributed by atoms with E-state index in [1.807, 2.05) is 6.92 Å². The first-order valence-electron chi connectivity index (χ1n) is 4.08. The number of rotatable bonds is 4. The summed E-state index contributed by atoms with van der Waals surface area (Å²) in [6.45, 7) is 5.44. The average Bonchev–Trinajstić information content (AvgIpc) is 1.82. The maximum atomic E-state index is 10.8. The van der Waals surface area contributed by atoms with Crippen molar-refractivity contribution in [2.45, 2.75) is 27.2 Å². The normalized spacial score (nSPS) is 13.6. The summed E-state index contributed by atoms with van der Waals surface area (Å²) < 4.78 is 0.115. The number of allylic oxidation sites excluding steroid dienone is 1. The van der Waals surface area contributed by atoms with Gasteiger partial charge in [-0.1, -0.05) is 44.0 Å². The van der Waals surface area contributed by atoms with E-state index in [0.717, 1.165) is 0 Å². The summed E-state index contributed by atoms with van der Waals surface area (Å²) >= 11 is 11.0. The van der Waals surface area contributed by atoms with E-state index in [-0.39, 0.29) is 4.49 Å². The minimum Gasteiger partial charge on any atom is -0.481 e. The van der Waals surface area contributed by atoms with E-state index in [0.29, 0.717) is 6.42 Å². The van der Waals surface area contributed by atoms with Gasteiger partial charge in [0.15, 0.2) is 0 Å². The molecule has 0 radical (unpaired) electrons. The highest BCUT2D eigenvalue weighted by molar-refractivity contribution is 6.55. The standard InChI is InChI=1S/C9H14Cl2O2/c1-4-6(8(12)13)9(2,3)5-7(10)11/h5-6H,4H2,1-3H3,(H,12,13). The third-order valence-corrected chi connectivity index (χ3v) is 2.30. The summed E-state index contributed by atoms with van der Waals surface area (Å²) in [5.74, 6) is -1.28. The maximum absolute atomic E-state index is 10.8. The largest absolute Gasteiger partial charge is 0.481 e. The Kier molecular flexibility index (Phi) is 4.79. The lowest BCUT2D eigenvalue weighted by Crippen LogP contribution is -2.28. The van der Waals surface area contributed by atoms with Crippen molar-refractivity contribution in [2.75, 3.05) is 0 Å². The van der Waals surface area contributed by atoms with E-state index >= 15 is 0 Å². The molecule has 0 spiro atoms. The van der Waals surface area contributed by atoms with E-state index < -0.39 is 17.3 Å². The molecule has 0 aliphatic carbocycles. The van der Waals surface area contributed by atoms with Crippen LogP contribution >= 0.6 is 23.2 Å². The van der Waals surface area contributed by atoms with Crippen LogP contribution in [0, 0.1) is 11.3 Å². The topological polar surface area (TPSA) is 37.3 Å². The van der Waals surface area contributed by atoms with Crippen molar-refractivity contribution in [3.05, 3.63) is 10.6 Å². The Morgan fingerprint density at radius 1 is 1.54 bits per heavy atom. The van der Waals surface area contributed by atoms with Crippen molar-refractivity contribution in [1.82, 2.24) is 0 Å². The van der Waals surface area contributed by atoms with Gasteiger partial charge >= 0.3 is 5.97 Å². The van der Waals surface area contributed by atoms with Crippen LogP contribution in [0.5, 0.6) is 0 Å². The predicted octanol–water partition coefficient (Wildman–Crippen LogP) is 3.44. The Balaban J connectivity index is 4.77. The molecule has 0 aliphatic rings. The van der Waals surface area contributed by atoms with Crippen molar-refractivity contribution in [2.24, 2.45) is 11.3 Å². The highest BCUT2D eigenvalue weighted by atomic mass is 35.5. The molecule has 0 aromatic heterocycles. The number of carboxylic acids is 1. The first-order chi connectivity index (χ1) is 5.81.